The number of nitrogens with zero attached hydrogens (tertiary/aromatic N) is 1. The molecule has 1 fully saturated rings. The topological polar surface area (TPSA) is 59.8 Å². The molecule has 1 aliphatic rings. The summed E-state index contributed by atoms with van der Waals surface area (Å²) in [6.45, 7) is 3.09. The van der Waals surface area contributed by atoms with Gasteiger partial charge in [0.2, 0.25) is 5.76 Å². The number of likely N-dealkylation sites (tertiary alicyclic amines) is 1. The molecule has 1 aliphatic heterocycles. The second-order valence-electron chi connectivity index (χ2n) is 7.09. The van der Waals surface area contributed by atoms with Crippen LogP contribution < -0.4 is 0 Å². The number of ether oxygens (including phenoxy) is 1. The lowest BCUT2D eigenvalue weighted by atomic mass is 10.1. The Balaban J connectivity index is 1.53. The van der Waals surface area contributed by atoms with Crippen LogP contribution in [0.25, 0.3) is 21.7 Å². The van der Waals surface area contributed by atoms with E-state index in [-0.39, 0.29) is 18.3 Å². The van der Waals surface area contributed by atoms with E-state index >= 15 is 0 Å². The summed E-state index contributed by atoms with van der Waals surface area (Å²) < 4.78 is 11.2. The Morgan fingerprint density at radius 1 is 1.00 bits per heavy atom. The fourth-order valence-corrected chi connectivity index (χ4v) is 3.75. The van der Waals surface area contributed by atoms with E-state index in [1.807, 2.05) is 43.3 Å². The number of hydrogen-bond donors (Lipinski definition) is 0. The average Bonchev–Trinajstić information content (AvgIpc) is 2.87. The van der Waals surface area contributed by atoms with Gasteiger partial charge in [-0.15, -0.1) is 0 Å². The van der Waals surface area contributed by atoms with Gasteiger partial charge in [-0.1, -0.05) is 49.2 Å². The Morgan fingerprint density at radius 3 is 2.52 bits per heavy atom. The van der Waals surface area contributed by atoms with Crippen LogP contribution in [0.15, 0.2) is 40.8 Å². The molecule has 1 amide bonds. The maximum Gasteiger partial charge on any atom is 0.375 e. The van der Waals surface area contributed by atoms with E-state index in [9.17, 15) is 9.59 Å². The van der Waals surface area contributed by atoms with Gasteiger partial charge in [-0.3, -0.25) is 4.79 Å². The summed E-state index contributed by atoms with van der Waals surface area (Å²) in [5.41, 5.74) is 1.42. The van der Waals surface area contributed by atoms with Gasteiger partial charge >= 0.3 is 5.97 Å². The highest BCUT2D eigenvalue weighted by Crippen LogP contribution is 2.32. The molecule has 5 nitrogen and oxygen atoms in total. The lowest BCUT2D eigenvalue weighted by Gasteiger charge is -2.19. The van der Waals surface area contributed by atoms with Crippen LogP contribution in [0.1, 0.15) is 41.8 Å². The van der Waals surface area contributed by atoms with Gasteiger partial charge in [-0.2, -0.15) is 0 Å². The summed E-state index contributed by atoms with van der Waals surface area (Å²) in [6, 6.07) is 11.8. The standard InChI is InChI=1S/C22H23NO4/c1-15-17-11-10-16-8-4-5-9-18(16)21(17)27-20(15)22(25)26-14-19(24)23-12-6-2-3-7-13-23/h4-5,8-11H,2-3,6-7,12-14H2,1H3. The Labute approximate surface area is 157 Å². The Hall–Kier alpha value is -2.82. The van der Waals surface area contributed by atoms with Crippen molar-refractivity contribution in [1.29, 1.82) is 0 Å². The number of furan rings is 1. The molecule has 3 aromatic rings. The van der Waals surface area contributed by atoms with E-state index < -0.39 is 5.97 Å². The van der Waals surface area contributed by atoms with Gasteiger partial charge in [0.25, 0.3) is 5.91 Å². The minimum Gasteiger partial charge on any atom is -0.450 e. The monoisotopic (exact) mass is 365 g/mol. The third-order valence-corrected chi connectivity index (χ3v) is 5.30. The van der Waals surface area contributed by atoms with E-state index in [0.717, 1.165) is 60.5 Å². The van der Waals surface area contributed by atoms with Crippen LogP contribution in [0.5, 0.6) is 0 Å². The van der Waals surface area contributed by atoms with Crippen LogP contribution in [-0.4, -0.2) is 36.5 Å². The Morgan fingerprint density at radius 2 is 1.74 bits per heavy atom. The molecular formula is C22H23NO4. The predicted molar refractivity (Wildman–Crippen MR) is 104 cm³/mol. The van der Waals surface area contributed by atoms with Crippen molar-refractivity contribution in [1.82, 2.24) is 4.90 Å². The van der Waals surface area contributed by atoms with E-state index in [4.69, 9.17) is 9.15 Å². The number of benzene rings is 2. The summed E-state index contributed by atoms with van der Waals surface area (Å²) >= 11 is 0. The molecule has 0 saturated carbocycles. The van der Waals surface area contributed by atoms with Crippen molar-refractivity contribution in [3.05, 3.63) is 47.7 Å². The summed E-state index contributed by atoms with van der Waals surface area (Å²) in [6.07, 6.45) is 4.32. The van der Waals surface area contributed by atoms with Gasteiger partial charge < -0.3 is 14.1 Å². The van der Waals surface area contributed by atoms with Gasteiger partial charge in [0.15, 0.2) is 6.61 Å². The molecular weight excluding hydrogens is 342 g/mol. The van der Waals surface area contributed by atoms with E-state index in [2.05, 4.69) is 0 Å². The SMILES string of the molecule is Cc1c(C(=O)OCC(=O)N2CCCCCC2)oc2c1ccc1ccccc12. The van der Waals surface area contributed by atoms with E-state index in [1.54, 1.807) is 4.90 Å². The van der Waals surface area contributed by atoms with Gasteiger partial charge in [0.05, 0.1) is 0 Å². The minimum absolute atomic E-state index is 0.135. The highest BCUT2D eigenvalue weighted by atomic mass is 16.5. The number of fused-ring (bicyclic) bond motifs is 3. The number of carbonyl (C=O) groups excluding carboxylic acids is 2. The Bertz CT molecular complexity index is 996. The fourth-order valence-electron chi connectivity index (χ4n) is 3.75. The van der Waals surface area contributed by atoms with Gasteiger partial charge in [-0.05, 0) is 25.2 Å². The normalized spacial score (nSPS) is 15.1. The third-order valence-electron chi connectivity index (χ3n) is 5.30. The second kappa shape index (κ2) is 7.43. The molecule has 4 rings (SSSR count). The van der Waals surface area contributed by atoms with Crippen molar-refractivity contribution < 1.29 is 18.7 Å². The molecule has 0 N–H and O–H groups in total. The predicted octanol–water partition coefficient (Wildman–Crippen LogP) is 4.45. The van der Waals surface area contributed by atoms with Crippen LogP contribution in [0, 0.1) is 6.92 Å². The van der Waals surface area contributed by atoms with Crippen molar-refractivity contribution in [2.45, 2.75) is 32.6 Å². The maximum atomic E-state index is 12.5. The molecule has 1 saturated heterocycles. The zero-order chi connectivity index (χ0) is 18.8. The smallest absolute Gasteiger partial charge is 0.375 e. The fraction of sp³-hybridized carbons (Fsp3) is 0.364. The first-order valence-corrected chi connectivity index (χ1v) is 9.51. The quantitative estimate of drug-likeness (QED) is 0.643. The lowest BCUT2D eigenvalue weighted by molar-refractivity contribution is -0.134. The first-order chi connectivity index (χ1) is 13.1. The van der Waals surface area contributed by atoms with Crippen LogP contribution in [0.4, 0.5) is 0 Å². The first kappa shape index (κ1) is 17.6. The summed E-state index contributed by atoms with van der Waals surface area (Å²) in [4.78, 5) is 26.7. The largest absolute Gasteiger partial charge is 0.450 e. The van der Waals surface area contributed by atoms with Crippen LogP contribution >= 0.6 is 0 Å². The van der Waals surface area contributed by atoms with Gasteiger partial charge in [0.1, 0.15) is 5.58 Å². The zero-order valence-electron chi connectivity index (χ0n) is 15.5. The number of hydrogen-bond acceptors (Lipinski definition) is 4. The molecule has 0 atom stereocenters. The Kier molecular flexibility index (Phi) is 4.84. The average molecular weight is 365 g/mol. The summed E-state index contributed by atoms with van der Waals surface area (Å²) in [7, 11) is 0. The summed E-state index contributed by atoms with van der Waals surface area (Å²) in [5, 5.41) is 2.90. The maximum absolute atomic E-state index is 12.5. The number of rotatable bonds is 3. The van der Waals surface area contributed by atoms with Gasteiger partial charge in [0, 0.05) is 29.4 Å². The highest BCUT2D eigenvalue weighted by molar-refractivity contribution is 6.08. The van der Waals surface area contributed by atoms with Crippen molar-refractivity contribution in [2.75, 3.05) is 19.7 Å². The lowest BCUT2D eigenvalue weighted by Crippen LogP contribution is -2.35. The number of amides is 1. The molecule has 0 bridgehead atoms. The molecule has 27 heavy (non-hydrogen) atoms. The van der Waals surface area contributed by atoms with E-state index in [1.165, 1.54) is 0 Å². The first-order valence-electron chi connectivity index (χ1n) is 9.51. The van der Waals surface area contributed by atoms with E-state index in [0.29, 0.717) is 5.58 Å². The van der Waals surface area contributed by atoms with Crippen LogP contribution in [0.2, 0.25) is 0 Å². The zero-order valence-corrected chi connectivity index (χ0v) is 15.5. The van der Waals surface area contributed by atoms with Gasteiger partial charge in [-0.25, -0.2) is 4.79 Å². The van der Waals surface area contributed by atoms with Crippen molar-refractivity contribution in [2.24, 2.45) is 0 Å². The molecule has 140 valence electrons. The number of carbonyl (C=O) groups is 2. The molecule has 1 aromatic heterocycles. The number of aryl methyl sites for hydroxylation is 1. The minimum atomic E-state index is -0.587. The van der Waals surface area contributed by atoms with Crippen LogP contribution in [0.3, 0.4) is 0 Å². The molecule has 5 heteroatoms. The molecule has 0 unspecified atom stereocenters. The van der Waals surface area contributed by atoms with Crippen molar-refractivity contribution in [3.8, 4) is 0 Å². The molecule has 0 spiro atoms. The molecule has 2 aromatic carbocycles. The van der Waals surface area contributed by atoms with Crippen molar-refractivity contribution in [3.63, 3.8) is 0 Å². The highest BCUT2D eigenvalue weighted by Gasteiger charge is 2.23. The molecule has 0 aliphatic carbocycles. The second-order valence-corrected chi connectivity index (χ2v) is 7.09. The molecule has 0 radical (unpaired) electrons. The summed E-state index contributed by atoms with van der Waals surface area (Å²) in [5.74, 6) is -0.551. The number of esters is 1. The molecule has 2 heterocycles. The van der Waals surface area contributed by atoms with Crippen LogP contribution in [-0.2, 0) is 9.53 Å². The van der Waals surface area contributed by atoms with Crippen molar-refractivity contribution >= 4 is 33.6 Å². The third kappa shape index (κ3) is 3.42.